The monoisotopic (exact) mass is 420 g/mol. The van der Waals surface area contributed by atoms with Crippen molar-refractivity contribution < 1.29 is 4.39 Å². The summed E-state index contributed by atoms with van der Waals surface area (Å²) in [6.45, 7) is 8.66. The fourth-order valence-corrected chi connectivity index (χ4v) is 3.99. The summed E-state index contributed by atoms with van der Waals surface area (Å²) in [4.78, 5) is 26.9. The lowest BCUT2D eigenvalue weighted by Gasteiger charge is -2.15. The number of hydrogen-bond acceptors (Lipinski definition) is 3. The van der Waals surface area contributed by atoms with Gasteiger partial charge in [0, 0.05) is 6.54 Å². The maximum Gasteiger partial charge on any atom is 0.332 e. The molecule has 4 aromatic rings. The van der Waals surface area contributed by atoms with Gasteiger partial charge in [-0.2, -0.15) is 5.10 Å². The molecule has 2 aromatic carbocycles. The van der Waals surface area contributed by atoms with E-state index in [2.05, 4.69) is 11.2 Å². The van der Waals surface area contributed by atoms with Gasteiger partial charge in [-0.25, -0.2) is 9.18 Å². The van der Waals surface area contributed by atoms with E-state index in [1.165, 1.54) is 16.7 Å². The molecule has 4 rings (SSSR count). The Balaban J connectivity index is 1.98. The summed E-state index contributed by atoms with van der Waals surface area (Å²) >= 11 is 0. The summed E-state index contributed by atoms with van der Waals surface area (Å²) in [5.41, 5.74) is 4.69. The van der Waals surface area contributed by atoms with Crippen LogP contribution in [0, 0.1) is 26.6 Å². The predicted octanol–water partition coefficient (Wildman–Crippen LogP) is 3.54. The highest BCUT2D eigenvalue weighted by Gasteiger charge is 2.21. The largest absolute Gasteiger partial charge is 0.332 e. The Hall–Kier alpha value is -3.48. The highest BCUT2D eigenvalue weighted by atomic mass is 19.1. The molecule has 0 aliphatic heterocycles. The van der Waals surface area contributed by atoms with Crippen LogP contribution in [-0.2, 0) is 19.6 Å². The molecule has 7 heteroatoms. The average Bonchev–Trinajstić information content (AvgIpc) is 3.08. The number of nitrogens with zero attached hydrogens (tertiary/aromatic N) is 4. The Morgan fingerprint density at radius 2 is 1.61 bits per heavy atom. The second-order valence-corrected chi connectivity index (χ2v) is 7.91. The third-order valence-corrected chi connectivity index (χ3v) is 5.66. The maximum atomic E-state index is 13.5. The molecule has 2 aromatic heterocycles. The van der Waals surface area contributed by atoms with E-state index >= 15 is 0 Å². The van der Waals surface area contributed by atoms with Gasteiger partial charge < -0.3 is 0 Å². The standard InChI is InChI=1S/C24H25FN4O2/c1-5-29-22-21(17(4)26-29)27(14-19-12-15(2)6-7-16(19)3)24(31)28(23(22)30)13-18-8-10-20(25)11-9-18/h6-12H,5,13-14H2,1-4H3. The number of aryl methyl sites for hydroxylation is 4. The lowest BCUT2D eigenvalue weighted by atomic mass is 10.1. The third kappa shape index (κ3) is 3.71. The Morgan fingerprint density at radius 1 is 0.903 bits per heavy atom. The maximum absolute atomic E-state index is 13.5. The van der Waals surface area contributed by atoms with Crippen LogP contribution >= 0.6 is 0 Å². The molecule has 6 nitrogen and oxygen atoms in total. The van der Waals surface area contributed by atoms with Crippen molar-refractivity contribution in [1.82, 2.24) is 18.9 Å². The predicted molar refractivity (Wildman–Crippen MR) is 119 cm³/mol. The van der Waals surface area contributed by atoms with Crippen molar-refractivity contribution in [3.05, 3.63) is 97.1 Å². The Kier molecular flexibility index (Phi) is 5.35. The first-order chi connectivity index (χ1) is 14.8. The molecule has 160 valence electrons. The highest BCUT2D eigenvalue weighted by molar-refractivity contribution is 5.77. The van der Waals surface area contributed by atoms with Crippen LogP contribution in [-0.4, -0.2) is 18.9 Å². The van der Waals surface area contributed by atoms with Crippen LogP contribution in [0.2, 0.25) is 0 Å². The third-order valence-electron chi connectivity index (χ3n) is 5.66. The number of fused-ring (bicyclic) bond motifs is 1. The summed E-state index contributed by atoms with van der Waals surface area (Å²) in [7, 11) is 0. The second kappa shape index (κ2) is 7.98. The Morgan fingerprint density at radius 3 is 2.29 bits per heavy atom. The van der Waals surface area contributed by atoms with Gasteiger partial charge in [0.25, 0.3) is 5.56 Å². The molecular formula is C24H25FN4O2. The molecule has 31 heavy (non-hydrogen) atoms. The normalized spacial score (nSPS) is 11.4. The van der Waals surface area contributed by atoms with Crippen molar-refractivity contribution in [2.45, 2.75) is 47.3 Å². The Labute approximate surface area is 179 Å². The fraction of sp³-hybridized carbons (Fsp3) is 0.292. The zero-order chi connectivity index (χ0) is 22.3. The van der Waals surface area contributed by atoms with Crippen molar-refractivity contribution in [1.29, 1.82) is 0 Å². The minimum atomic E-state index is -0.401. The number of benzene rings is 2. The van der Waals surface area contributed by atoms with Crippen LogP contribution in [0.1, 0.15) is 34.9 Å². The van der Waals surface area contributed by atoms with Crippen molar-refractivity contribution in [3.8, 4) is 0 Å². The van der Waals surface area contributed by atoms with Gasteiger partial charge in [0.2, 0.25) is 0 Å². The molecule has 0 atom stereocenters. The van der Waals surface area contributed by atoms with E-state index in [1.807, 2.05) is 39.8 Å². The molecule has 0 spiro atoms. The van der Waals surface area contributed by atoms with E-state index < -0.39 is 5.69 Å². The lowest BCUT2D eigenvalue weighted by molar-refractivity contribution is 0.615. The van der Waals surface area contributed by atoms with E-state index in [1.54, 1.807) is 21.4 Å². The average molecular weight is 420 g/mol. The molecule has 2 heterocycles. The van der Waals surface area contributed by atoms with E-state index in [0.717, 1.165) is 16.7 Å². The molecule has 0 saturated carbocycles. The molecule has 0 N–H and O–H groups in total. The van der Waals surface area contributed by atoms with Gasteiger partial charge in [0.05, 0.1) is 24.3 Å². The van der Waals surface area contributed by atoms with Crippen molar-refractivity contribution in [2.24, 2.45) is 0 Å². The number of rotatable bonds is 5. The molecule has 0 fully saturated rings. The zero-order valence-electron chi connectivity index (χ0n) is 18.1. The molecule has 0 aliphatic carbocycles. The summed E-state index contributed by atoms with van der Waals surface area (Å²) in [6, 6.07) is 12.0. The first-order valence-corrected chi connectivity index (χ1v) is 10.3. The van der Waals surface area contributed by atoms with Crippen molar-refractivity contribution in [2.75, 3.05) is 0 Å². The Bertz CT molecular complexity index is 1390. The van der Waals surface area contributed by atoms with Gasteiger partial charge in [-0.15, -0.1) is 0 Å². The van der Waals surface area contributed by atoms with Gasteiger partial charge in [-0.05, 0) is 56.5 Å². The molecule has 0 aliphatic rings. The van der Waals surface area contributed by atoms with Crippen molar-refractivity contribution >= 4 is 11.0 Å². The van der Waals surface area contributed by atoms with Gasteiger partial charge in [-0.3, -0.25) is 18.6 Å². The summed E-state index contributed by atoms with van der Waals surface area (Å²) in [5.74, 6) is -0.362. The fourth-order valence-electron chi connectivity index (χ4n) is 3.99. The van der Waals surface area contributed by atoms with Crippen LogP contribution in [0.4, 0.5) is 4.39 Å². The van der Waals surface area contributed by atoms with Crippen LogP contribution in [0.15, 0.2) is 52.1 Å². The minimum Gasteiger partial charge on any atom is -0.285 e. The minimum absolute atomic E-state index is 0.0641. The van der Waals surface area contributed by atoms with Gasteiger partial charge in [0.1, 0.15) is 5.82 Å². The summed E-state index contributed by atoms with van der Waals surface area (Å²) < 4.78 is 17.8. The molecule has 0 unspecified atom stereocenters. The quantitative estimate of drug-likeness (QED) is 0.496. The molecule has 0 saturated heterocycles. The number of aromatic nitrogens is 4. The molecular weight excluding hydrogens is 395 g/mol. The number of halogens is 1. The number of hydrogen-bond donors (Lipinski definition) is 0. The van der Waals surface area contributed by atoms with E-state index in [4.69, 9.17) is 0 Å². The van der Waals surface area contributed by atoms with E-state index in [-0.39, 0.29) is 17.9 Å². The highest BCUT2D eigenvalue weighted by Crippen LogP contribution is 2.18. The van der Waals surface area contributed by atoms with E-state index in [9.17, 15) is 14.0 Å². The zero-order valence-corrected chi connectivity index (χ0v) is 18.1. The van der Waals surface area contributed by atoms with Gasteiger partial charge in [-0.1, -0.05) is 35.9 Å². The SMILES string of the molecule is CCn1nc(C)c2c1c(=O)n(Cc1ccc(F)cc1)c(=O)n2Cc1cc(C)ccc1C. The lowest BCUT2D eigenvalue weighted by Crippen LogP contribution is -2.41. The van der Waals surface area contributed by atoms with Crippen LogP contribution < -0.4 is 11.2 Å². The summed E-state index contributed by atoms with van der Waals surface area (Å²) in [5, 5.41) is 4.51. The topological polar surface area (TPSA) is 61.8 Å². The molecule has 0 radical (unpaired) electrons. The van der Waals surface area contributed by atoms with Gasteiger partial charge >= 0.3 is 5.69 Å². The summed E-state index contributed by atoms with van der Waals surface area (Å²) in [6.07, 6.45) is 0. The van der Waals surface area contributed by atoms with E-state index in [0.29, 0.717) is 35.4 Å². The first kappa shape index (κ1) is 20.8. The van der Waals surface area contributed by atoms with Crippen LogP contribution in [0.3, 0.4) is 0 Å². The van der Waals surface area contributed by atoms with Gasteiger partial charge in [0.15, 0.2) is 5.52 Å². The van der Waals surface area contributed by atoms with Crippen LogP contribution in [0.5, 0.6) is 0 Å². The molecule has 0 bridgehead atoms. The van der Waals surface area contributed by atoms with Crippen molar-refractivity contribution in [3.63, 3.8) is 0 Å². The second-order valence-electron chi connectivity index (χ2n) is 7.91. The van der Waals surface area contributed by atoms with Crippen LogP contribution in [0.25, 0.3) is 11.0 Å². The first-order valence-electron chi connectivity index (χ1n) is 10.3. The smallest absolute Gasteiger partial charge is 0.285 e. The molecule has 0 amide bonds.